The first-order valence-electron chi connectivity index (χ1n) is 8.28. The van der Waals surface area contributed by atoms with Crippen molar-refractivity contribution < 1.29 is 23.7 Å². The number of carbonyl (C=O) groups excluding carboxylic acids is 1. The molecule has 0 atom stereocenters. The van der Waals surface area contributed by atoms with E-state index in [1.165, 1.54) is 0 Å². The minimum absolute atomic E-state index is 0.0358. The molecule has 0 saturated heterocycles. The van der Waals surface area contributed by atoms with Crippen LogP contribution < -0.4 is 18.9 Å². The molecule has 1 amide bonds. The highest BCUT2D eigenvalue weighted by atomic mass is 79.9. The van der Waals surface area contributed by atoms with Crippen molar-refractivity contribution in [3.8, 4) is 23.0 Å². The van der Waals surface area contributed by atoms with E-state index in [9.17, 15) is 4.79 Å². The fourth-order valence-electron chi connectivity index (χ4n) is 2.76. The SMILES string of the molecule is COc1ccc(Br)cc1CN(C)C(=O)Cc1cc(OC)c(OC)c(OC)c1. The Morgan fingerprint density at radius 1 is 0.926 bits per heavy atom. The van der Waals surface area contributed by atoms with Crippen molar-refractivity contribution in [2.45, 2.75) is 13.0 Å². The quantitative estimate of drug-likeness (QED) is 0.630. The van der Waals surface area contributed by atoms with E-state index in [1.807, 2.05) is 18.2 Å². The van der Waals surface area contributed by atoms with Crippen LogP contribution in [0.2, 0.25) is 0 Å². The van der Waals surface area contributed by atoms with Crippen LogP contribution in [0.1, 0.15) is 11.1 Å². The number of hydrogen-bond acceptors (Lipinski definition) is 5. The number of carbonyl (C=O) groups is 1. The summed E-state index contributed by atoms with van der Waals surface area (Å²) in [6.45, 7) is 0.436. The van der Waals surface area contributed by atoms with Crippen LogP contribution in [0.5, 0.6) is 23.0 Å². The molecule has 27 heavy (non-hydrogen) atoms. The average Bonchev–Trinajstić information content (AvgIpc) is 2.67. The van der Waals surface area contributed by atoms with Gasteiger partial charge in [0.25, 0.3) is 0 Å². The third-order valence-electron chi connectivity index (χ3n) is 4.16. The van der Waals surface area contributed by atoms with E-state index in [1.54, 1.807) is 52.5 Å². The molecular weight excluding hydrogens is 414 g/mol. The Hall–Kier alpha value is -2.41. The molecule has 0 aliphatic carbocycles. The Morgan fingerprint density at radius 3 is 2.04 bits per heavy atom. The number of hydrogen-bond donors (Lipinski definition) is 0. The Bertz CT molecular complexity index is 784. The summed E-state index contributed by atoms with van der Waals surface area (Å²) in [6.07, 6.45) is 0.212. The zero-order chi connectivity index (χ0) is 20.0. The van der Waals surface area contributed by atoms with Gasteiger partial charge in [-0.05, 0) is 35.9 Å². The smallest absolute Gasteiger partial charge is 0.227 e. The molecule has 0 aliphatic heterocycles. The van der Waals surface area contributed by atoms with E-state index in [0.29, 0.717) is 23.8 Å². The van der Waals surface area contributed by atoms with Gasteiger partial charge < -0.3 is 23.8 Å². The molecule has 2 rings (SSSR count). The van der Waals surface area contributed by atoms with Crippen molar-refractivity contribution in [3.63, 3.8) is 0 Å². The maximum absolute atomic E-state index is 12.7. The van der Waals surface area contributed by atoms with E-state index >= 15 is 0 Å². The predicted molar refractivity (Wildman–Crippen MR) is 107 cm³/mol. The molecule has 146 valence electrons. The van der Waals surface area contributed by atoms with E-state index in [2.05, 4.69) is 15.9 Å². The van der Waals surface area contributed by atoms with E-state index in [-0.39, 0.29) is 12.3 Å². The standard InChI is InChI=1S/C20H24BrNO5/c1-22(12-14-11-15(21)6-7-16(14)24-2)19(23)10-13-8-17(25-3)20(27-5)18(9-13)26-4/h6-9,11H,10,12H2,1-5H3. The van der Waals surface area contributed by atoms with Crippen molar-refractivity contribution >= 4 is 21.8 Å². The van der Waals surface area contributed by atoms with Gasteiger partial charge in [0.05, 0.1) is 34.9 Å². The number of likely N-dealkylation sites (N-methyl/N-ethyl adjacent to an activating group) is 1. The number of methoxy groups -OCH3 is 4. The number of nitrogens with zero attached hydrogens (tertiary/aromatic N) is 1. The van der Waals surface area contributed by atoms with Gasteiger partial charge in [-0.1, -0.05) is 15.9 Å². The summed E-state index contributed by atoms with van der Waals surface area (Å²) in [6, 6.07) is 9.29. The second-order valence-corrected chi connectivity index (χ2v) is 6.83. The lowest BCUT2D eigenvalue weighted by Crippen LogP contribution is -2.28. The van der Waals surface area contributed by atoms with Crippen molar-refractivity contribution in [2.24, 2.45) is 0 Å². The van der Waals surface area contributed by atoms with Crippen LogP contribution in [-0.4, -0.2) is 46.3 Å². The van der Waals surface area contributed by atoms with Crippen molar-refractivity contribution in [1.82, 2.24) is 4.90 Å². The fourth-order valence-corrected chi connectivity index (χ4v) is 3.17. The maximum Gasteiger partial charge on any atom is 0.227 e. The van der Waals surface area contributed by atoms with Crippen molar-refractivity contribution in [3.05, 3.63) is 45.9 Å². The molecule has 0 radical (unpaired) electrons. The van der Waals surface area contributed by atoms with Gasteiger partial charge in [-0.2, -0.15) is 0 Å². The Labute approximate surface area is 168 Å². The Balaban J connectivity index is 2.18. The van der Waals surface area contributed by atoms with Gasteiger partial charge in [0.2, 0.25) is 11.7 Å². The molecule has 6 nitrogen and oxygen atoms in total. The summed E-state index contributed by atoms with van der Waals surface area (Å²) >= 11 is 3.45. The fraction of sp³-hybridized carbons (Fsp3) is 0.350. The first-order valence-corrected chi connectivity index (χ1v) is 9.08. The lowest BCUT2D eigenvalue weighted by Gasteiger charge is -2.20. The molecule has 0 aromatic heterocycles. The van der Waals surface area contributed by atoms with E-state index in [0.717, 1.165) is 21.3 Å². The highest BCUT2D eigenvalue weighted by Gasteiger charge is 2.17. The van der Waals surface area contributed by atoms with E-state index < -0.39 is 0 Å². The number of ether oxygens (including phenoxy) is 4. The zero-order valence-corrected chi connectivity index (χ0v) is 17.8. The number of halogens is 1. The summed E-state index contributed by atoms with van der Waals surface area (Å²) in [7, 11) is 8.03. The van der Waals surface area contributed by atoms with Crippen LogP contribution in [0, 0.1) is 0 Å². The summed E-state index contributed by atoms with van der Waals surface area (Å²) in [5.41, 5.74) is 1.70. The normalized spacial score (nSPS) is 10.3. The molecule has 0 spiro atoms. The zero-order valence-electron chi connectivity index (χ0n) is 16.2. The summed E-state index contributed by atoms with van der Waals surface area (Å²) in [5.74, 6) is 2.26. The number of benzene rings is 2. The highest BCUT2D eigenvalue weighted by Crippen LogP contribution is 2.38. The molecule has 2 aromatic carbocycles. The number of rotatable bonds is 8. The van der Waals surface area contributed by atoms with Crippen molar-refractivity contribution in [2.75, 3.05) is 35.5 Å². The van der Waals surface area contributed by atoms with Crippen LogP contribution in [0.4, 0.5) is 0 Å². The van der Waals surface area contributed by atoms with E-state index in [4.69, 9.17) is 18.9 Å². The lowest BCUT2D eigenvalue weighted by molar-refractivity contribution is -0.129. The lowest BCUT2D eigenvalue weighted by atomic mass is 10.1. The maximum atomic E-state index is 12.7. The van der Waals surface area contributed by atoms with Gasteiger partial charge in [-0.15, -0.1) is 0 Å². The second-order valence-electron chi connectivity index (χ2n) is 5.92. The molecule has 2 aromatic rings. The Kier molecular flexibility index (Phi) is 7.36. The van der Waals surface area contributed by atoms with Crippen LogP contribution in [0.15, 0.2) is 34.8 Å². The van der Waals surface area contributed by atoms with Gasteiger partial charge in [-0.25, -0.2) is 0 Å². The topological polar surface area (TPSA) is 57.2 Å². The largest absolute Gasteiger partial charge is 0.496 e. The number of amides is 1. The summed E-state index contributed by atoms with van der Waals surface area (Å²) < 4.78 is 22.3. The summed E-state index contributed by atoms with van der Waals surface area (Å²) in [5, 5.41) is 0. The molecule has 7 heteroatoms. The Morgan fingerprint density at radius 2 is 1.52 bits per heavy atom. The van der Waals surface area contributed by atoms with Crippen LogP contribution in [0.25, 0.3) is 0 Å². The monoisotopic (exact) mass is 437 g/mol. The molecule has 0 bridgehead atoms. The van der Waals surface area contributed by atoms with Crippen LogP contribution in [0.3, 0.4) is 0 Å². The second kappa shape index (κ2) is 9.50. The minimum Gasteiger partial charge on any atom is -0.496 e. The first-order chi connectivity index (χ1) is 12.9. The average molecular weight is 438 g/mol. The van der Waals surface area contributed by atoms with Gasteiger partial charge in [0.1, 0.15) is 5.75 Å². The summed E-state index contributed by atoms with van der Waals surface area (Å²) in [4.78, 5) is 14.4. The molecule has 0 unspecified atom stereocenters. The van der Waals surface area contributed by atoms with Gasteiger partial charge in [-0.3, -0.25) is 4.79 Å². The molecule has 0 saturated carbocycles. The van der Waals surface area contributed by atoms with Crippen LogP contribution in [-0.2, 0) is 17.8 Å². The van der Waals surface area contributed by atoms with Gasteiger partial charge >= 0.3 is 0 Å². The predicted octanol–water partition coefficient (Wildman–Crippen LogP) is 3.68. The molecular formula is C20H24BrNO5. The third-order valence-corrected chi connectivity index (χ3v) is 4.65. The molecule has 0 N–H and O–H groups in total. The molecule has 0 heterocycles. The van der Waals surface area contributed by atoms with Gasteiger partial charge in [0, 0.05) is 23.6 Å². The minimum atomic E-state index is -0.0358. The molecule has 0 aliphatic rings. The third kappa shape index (κ3) is 5.07. The first kappa shape index (κ1) is 20.9. The molecule has 0 fully saturated rings. The van der Waals surface area contributed by atoms with Crippen molar-refractivity contribution in [1.29, 1.82) is 0 Å². The highest BCUT2D eigenvalue weighted by molar-refractivity contribution is 9.10. The van der Waals surface area contributed by atoms with Gasteiger partial charge in [0.15, 0.2) is 11.5 Å². The van der Waals surface area contributed by atoms with Crippen LogP contribution >= 0.6 is 15.9 Å².